The van der Waals surface area contributed by atoms with Crippen LogP contribution in [0.4, 0.5) is 5.69 Å². The van der Waals surface area contributed by atoms with Gasteiger partial charge in [-0.25, -0.2) is 4.98 Å². The summed E-state index contributed by atoms with van der Waals surface area (Å²) in [5, 5.41) is 12.5. The number of allylic oxidation sites excluding steroid dienone is 5. The van der Waals surface area contributed by atoms with E-state index in [1.54, 1.807) is 0 Å². The fourth-order valence-corrected chi connectivity index (χ4v) is 5.46. The minimum atomic E-state index is 0.553. The van der Waals surface area contributed by atoms with Crippen LogP contribution in [0.3, 0.4) is 0 Å². The van der Waals surface area contributed by atoms with Crippen molar-refractivity contribution < 1.29 is 0 Å². The number of piperidine rings is 1. The van der Waals surface area contributed by atoms with Crippen molar-refractivity contribution in [3.63, 3.8) is 0 Å². The molecule has 194 valence electrons. The minimum Gasteiger partial charge on any atom is -0.370 e. The molecule has 0 spiro atoms. The zero-order valence-corrected chi connectivity index (χ0v) is 22.1. The average molecular weight is 506 g/mol. The molecule has 7 heteroatoms. The quantitative estimate of drug-likeness (QED) is 0.228. The standard InChI is InChI=1S/C31H35N7/c1-4-21(16-23(5-2)33-20(3)22-10-9-11-22)25-12-13-26-30(35-25)31(37-36-26)27-17-24-28(34-27)18-32-19-29(24)38-14-7-6-8-15-38/h4-5,12-13,16-19,22,33-34H,2-3,6-11,14-15H2,1H3,(H,36,37)/b21-4+,23-16+. The van der Waals surface area contributed by atoms with Crippen LogP contribution in [0.25, 0.3) is 38.9 Å². The molecule has 0 atom stereocenters. The highest BCUT2D eigenvalue weighted by Crippen LogP contribution is 2.34. The number of rotatable bonds is 8. The number of aromatic nitrogens is 5. The Morgan fingerprint density at radius 2 is 1.95 bits per heavy atom. The highest BCUT2D eigenvalue weighted by molar-refractivity contribution is 5.98. The molecule has 2 aliphatic rings. The predicted molar refractivity (Wildman–Crippen MR) is 157 cm³/mol. The molecule has 1 saturated carbocycles. The van der Waals surface area contributed by atoms with Gasteiger partial charge in [-0.1, -0.05) is 25.7 Å². The van der Waals surface area contributed by atoms with Gasteiger partial charge in [0.1, 0.15) is 11.2 Å². The second kappa shape index (κ2) is 10.3. The number of pyridine rings is 2. The van der Waals surface area contributed by atoms with Crippen molar-refractivity contribution in [3.8, 4) is 11.4 Å². The molecule has 0 aromatic carbocycles. The zero-order chi connectivity index (χ0) is 26.1. The molecule has 3 N–H and O–H groups in total. The average Bonchev–Trinajstić information content (AvgIpc) is 3.54. The van der Waals surface area contributed by atoms with E-state index in [0.717, 1.165) is 63.7 Å². The summed E-state index contributed by atoms with van der Waals surface area (Å²) in [7, 11) is 0. The molecule has 0 amide bonds. The molecule has 0 radical (unpaired) electrons. The van der Waals surface area contributed by atoms with Gasteiger partial charge in [-0.05, 0) is 80.9 Å². The molecule has 7 nitrogen and oxygen atoms in total. The lowest BCUT2D eigenvalue weighted by atomic mass is 9.83. The van der Waals surface area contributed by atoms with Crippen molar-refractivity contribution in [2.75, 3.05) is 18.0 Å². The molecule has 1 saturated heterocycles. The first-order valence-corrected chi connectivity index (χ1v) is 13.7. The van der Waals surface area contributed by atoms with E-state index >= 15 is 0 Å². The largest absolute Gasteiger partial charge is 0.370 e. The van der Waals surface area contributed by atoms with E-state index in [4.69, 9.17) is 4.98 Å². The van der Waals surface area contributed by atoms with E-state index in [-0.39, 0.29) is 0 Å². The monoisotopic (exact) mass is 505 g/mol. The molecule has 0 unspecified atom stereocenters. The van der Waals surface area contributed by atoms with Gasteiger partial charge in [0.15, 0.2) is 0 Å². The van der Waals surface area contributed by atoms with Crippen molar-refractivity contribution in [3.05, 3.63) is 79.1 Å². The highest BCUT2D eigenvalue weighted by Gasteiger charge is 2.21. The van der Waals surface area contributed by atoms with Crippen LogP contribution in [0.2, 0.25) is 0 Å². The summed E-state index contributed by atoms with van der Waals surface area (Å²) in [6.45, 7) is 12.4. The number of fused-ring (bicyclic) bond motifs is 2. The first-order chi connectivity index (χ1) is 18.6. The Hall–Kier alpha value is -4.13. The summed E-state index contributed by atoms with van der Waals surface area (Å²) < 4.78 is 0. The van der Waals surface area contributed by atoms with E-state index in [1.807, 2.05) is 37.5 Å². The number of anilines is 1. The van der Waals surface area contributed by atoms with Crippen molar-refractivity contribution in [2.45, 2.75) is 45.4 Å². The van der Waals surface area contributed by atoms with Gasteiger partial charge in [0, 0.05) is 29.9 Å². The van der Waals surface area contributed by atoms with Crippen LogP contribution in [0.15, 0.2) is 73.4 Å². The third kappa shape index (κ3) is 4.53. The molecule has 2 fully saturated rings. The van der Waals surface area contributed by atoms with Crippen molar-refractivity contribution in [1.29, 1.82) is 0 Å². The van der Waals surface area contributed by atoms with Crippen LogP contribution in [0.5, 0.6) is 0 Å². The van der Waals surface area contributed by atoms with Gasteiger partial charge < -0.3 is 15.2 Å². The topological polar surface area (TPSA) is 85.5 Å². The van der Waals surface area contributed by atoms with Gasteiger partial charge in [0.25, 0.3) is 0 Å². The van der Waals surface area contributed by atoms with Crippen LogP contribution in [-0.4, -0.2) is 38.2 Å². The summed E-state index contributed by atoms with van der Waals surface area (Å²) in [5.74, 6) is 0.553. The van der Waals surface area contributed by atoms with E-state index in [1.165, 1.54) is 49.6 Å². The molecule has 5 heterocycles. The van der Waals surface area contributed by atoms with Crippen LogP contribution < -0.4 is 10.2 Å². The van der Waals surface area contributed by atoms with Crippen LogP contribution >= 0.6 is 0 Å². The zero-order valence-electron chi connectivity index (χ0n) is 22.1. The second-order valence-corrected chi connectivity index (χ2v) is 10.3. The van der Waals surface area contributed by atoms with E-state index in [2.05, 4.69) is 61.8 Å². The van der Waals surface area contributed by atoms with E-state index < -0.39 is 0 Å². The van der Waals surface area contributed by atoms with Gasteiger partial charge in [0.2, 0.25) is 0 Å². The maximum Gasteiger partial charge on any atom is 0.135 e. The van der Waals surface area contributed by atoms with Gasteiger partial charge in [-0.15, -0.1) is 0 Å². The normalized spacial score (nSPS) is 17.1. The first kappa shape index (κ1) is 24.2. The maximum absolute atomic E-state index is 5.06. The number of nitrogens with one attached hydrogen (secondary N) is 3. The number of nitrogens with zero attached hydrogens (tertiary/aromatic N) is 4. The maximum atomic E-state index is 5.06. The predicted octanol–water partition coefficient (Wildman–Crippen LogP) is 6.87. The molecular weight excluding hydrogens is 470 g/mol. The summed E-state index contributed by atoms with van der Waals surface area (Å²) in [4.78, 5) is 15.6. The van der Waals surface area contributed by atoms with Crippen LogP contribution in [0.1, 0.15) is 51.1 Å². The minimum absolute atomic E-state index is 0.553. The molecular formula is C31H35N7. The van der Waals surface area contributed by atoms with Crippen molar-refractivity contribution in [2.24, 2.45) is 5.92 Å². The molecule has 1 aliphatic carbocycles. The Morgan fingerprint density at radius 1 is 1.11 bits per heavy atom. The van der Waals surface area contributed by atoms with Crippen LogP contribution in [0, 0.1) is 5.92 Å². The molecule has 4 aromatic heterocycles. The SMILES string of the molecule is C=C/C(=C\C(=C/C)c1ccc2[nH]nc(-c3cc4c(N5CCCCC5)cncc4[nH]3)c2n1)NC(=C)C1CCC1. The Bertz CT molecular complexity index is 1560. The number of H-pyrrole nitrogens is 2. The molecule has 38 heavy (non-hydrogen) atoms. The van der Waals surface area contributed by atoms with Gasteiger partial charge in [0.05, 0.1) is 40.5 Å². The summed E-state index contributed by atoms with van der Waals surface area (Å²) in [5.41, 5.74) is 9.56. The van der Waals surface area contributed by atoms with E-state index in [9.17, 15) is 0 Å². The lowest BCUT2D eigenvalue weighted by molar-refractivity contribution is 0.356. The third-order valence-electron chi connectivity index (χ3n) is 7.92. The summed E-state index contributed by atoms with van der Waals surface area (Å²) in [6.07, 6.45) is 17.3. The van der Waals surface area contributed by atoms with Crippen molar-refractivity contribution in [1.82, 2.24) is 30.5 Å². The van der Waals surface area contributed by atoms with E-state index in [0.29, 0.717) is 5.92 Å². The van der Waals surface area contributed by atoms with Gasteiger partial charge in [-0.2, -0.15) is 5.10 Å². The molecule has 0 bridgehead atoms. The Morgan fingerprint density at radius 3 is 2.68 bits per heavy atom. The summed E-state index contributed by atoms with van der Waals surface area (Å²) in [6, 6.07) is 6.26. The Kier molecular flexibility index (Phi) is 6.58. The fraction of sp³-hybridized carbons (Fsp3) is 0.323. The Labute approximate surface area is 223 Å². The lowest BCUT2D eigenvalue weighted by Crippen LogP contribution is -2.29. The first-order valence-electron chi connectivity index (χ1n) is 13.7. The number of aromatic amines is 2. The van der Waals surface area contributed by atoms with Gasteiger partial charge in [-0.3, -0.25) is 10.1 Å². The lowest BCUT2D eigenvalue weighted by Gasteiger charge is -2.28. The van der Waals surface area contributed by atoms with Gasteiger partial charge >= 0.3 is 0 Å². The molecule has 4 aromatic rings. The third-order valence-corrected chi connectivity index (χ3v) is 7.92. The molecule has 6 rings (SSSR count). The fourth-order valence-electron chi connectivity index (χ4n) is 5.46. The smallest absolute Gasteiger partial charge is 0.135 e. The molecule has 1 aliphatic heterocycles. The number of hydrogen-bond donors (Lipinski definition) is 3. The second-order valence-electron chi connectivity index (χ2n) is 10.3. The highest BCUT2D eigenvalue weighted by atomic mass is 15.1. The Balaban J connectivity index is 1.34. The number of hydrogen-bond acceptors (Lipinski definition) is 5. The van der Waals surface area contributed by atoms with Crippen molar-refractivity contribution >= 4 is 33.2 Å². The summed E-state index contributed by atoms with van der Waals surface area (Å²) >= 11 is 0. The van der Waals surface area contributed by atoms with Crippen LogP contribution in [-0.2, 0) is 0 Å².